The van der Waals surface area contributed by atoms with E-state index in [2.05, 4.69) is 20.8 Å². The van der Waals surface area contributed by atoms with Crippen molar-refractivity contribution in [3.8, 4) is 11.4 Å². The molecule has 0 atom stereocenters. The van der Waals surface area contributed by atoms with Gasteiger partial charge in [-0.1, -0.05) is 35.5 Å². The van der Waals surface area contributed by atoms with Crippen LogP contribution < -0.4 is 10.1 Å². The zero-order chi connectivity index (χ0) is 19.1. The van der Waals surface area contributed by atoms with Crippen molar-refractivity contribution in [1.29, 1.82) is 0 Å². The summed E-state index contributed by atoms with van der Waals surface area (Å²) in [5, 5.41) is 15.7. The molecule has 1 N–H and O–H groups in total. The molecular weight excluding hydrogens is 386 g/mol. The van der Waals surface area contributed by atoms with Gasteiger partial charge in [-0.15, -0.1) is 5.10 Å². The number of halogens is 1. The smallest absolute Gasteiger partial charge is 0.230 e. The van der Waals surface area contributed by atoms with Crippen LogP contribution in [0.2, 0.25) is 5.02 Å². The van der Waals surface area contributed by atoms with Crippen LogP contribution >= 0.6 is 23.4 Å². The molecule has 7 nitrogen and oxygen atoms in total. The van der Waals surface area contributed by atoms with Gasteiger partial charge in [-0.25, -0.2) is 0 Å². The predicted molar refractivity (Wildman–Crippen MR) is 105 cm³/mol. The summed E-state index contributed by atoms with van der Waals surface area (Å²) >= 11 is 7.18. The number of carbonyl (C=O) groups is 1. The van der Waals surface area contributed by atoms with E-state index >= 15 is 0 Å². The number of methoxy groups -OCH3 is 1. The van der Waals surface area contributed by atoms with Gasteiger partial charge in [0.25, 0.3) is 0 Å². The topological polar surface area (TPSA) is 81.9 Å². The Labute approximate surface area is 166 Å². The number of nitrogens with one attached hydrogen (secondary N) is 1. The molecule has 0 aliphatic carbocycles. The number of thioether (sulfide) groups is 1. The number of aromatic nitrogens is 4. The largest absolute Gasteiger partial charge is 0.497 e. The first-order valence-electron chi connectivity index (χ1n) is 8.22. The van der Waals surface area contributed by atoms with Crippen molar-refractivity contribution in [3.05, 3.63) is 59.1 Å². The maximum absolute atomic E-state index is 12.1. The molecule has 3 aromatic rings. The molecule has 9 heteroatoms. The summed E-state index contributed by atoms with van der Waals surface area (Å²) in [7, 11) is 1.64. The molecule has 0 aliphatic rings. The molecule has 27 heavy (non-hydrogen) atoms. The van der Waals surface area contributed by atoms with Crippen LogP contribution in [0.15, 0.2) is 53.7 Å². The first kappa shape index (κ1) is 19.2. The fourth-order valence-corrected chi connectivity index (χ4v) is 3.18. The number of benzene rings is 2. The number of ether oxygens (including phenoxy) is 1. The third-order valence-corrected chi connectivity index (χ3v) is 4.91. The zero-order valence-corrected chi connectivity index (χ0v) is 16.2. The van der Waals surface area contributed by atoms with Crippen LogP contribution in [0.4, 0.5) is 0 Å². The molecule has 2 aromatic carbocycles. The minimum absolute atomic E-state index is 0.0702. The van der Waals surface area contributed by atoms with E-state index in [1.165, 1.54) is 11.8 Å². The van der Waals surface area contributed by atoms with Crippen molar-refractivity contribution in [2.24, 2.45) is 0 Å². The van der Waals surface area contributed by atoms with Crippen LogP contribution in [0.5, 0.6) is 5.75 Å². The lowest BCUT2D eigenvalue weighted by Gasteiger charge is -2.07. The van der Waals surface area contributed by atoms with Gasteiger partial charge >= 0.3 is 0 Å². The Balaban J connectivity index is 1.47. The third-order valence-electron chi connectivity index (χ3n) is 3.74. The molecular formula is C18H18ClN5O2S. The van der Waals surface area contributed by atoms with Crippen molar-refractivity contribution in [3.63, 3.8) is 0 Å². The van der Waals surface area contributed by atoms with E-state index in [4.69, 9.17) is 16.3 Å². The van der Waals surface area contributed by atoms with Crippen molar-refractivity contribution in [1.82, 2.24) is 25.5 Å². The summed E-state index contributed by atoms with van der Waals surface area (Å²) in [6, 6.07) is 14.9. The van der Waals surface area contributed by atoms with Crippen molar-refractivity contribution >= 4 is 29.3 Å². The highest BCUT2D eigenvalue weighted by Gasteiger charge is 2.11. The number of nitrogens with zero attached hydrogens (tertiary/aromatic N) is 4. The van der Waals surface area contributed by atoms with Gasteiger partial charge in [0.15, 0.2) is 0 Å². The third kappa shape index (κ3) is 5.45. The Bertz CT molecular complexity index is 884. The van der Waals surface area contributed by atoms with Crippen LogP contribution in [0.3, 0.4) is 0 Å². The van der Waals surface area contributed by atoms with Crippen molar-refractivity contribution in [2.45, 2.75) is 11.6 Å². The quantitative estimate of drug-likeness (QED) is 0.582. The second kappa shape index (κ2) is 9.38. The summed E-state index contributed by atoms with van der Waals surface area (Å²) in [5.41, 5.74) is 1.92. The van der Waals surface area contributed by atoms with E-state index in [1.807, 2.05) is 36.4 Å². The van der Waals surface area contributed by atoms with Crippen LogP contribution in [-0.2, 0) is 11.2 Å². The van der Waals surface area contributed by atoms with Crippen LogP contribution in [-0.4, -0.2) is 45.5 Å². The SMILES string of the molecule is COc1ccc(CCNC(=O)CSc2nnnn2-c2ccc(Cl)cc2)cc1. The molecule has 0 aliphatic heterocycles. The van der Waals surface area contributed by atoms with Gasteiger partial charge in [-0.3, -0.25) is 4.79 Å². The molecule has 1 heterocycles. The number of carbonyl (C=O) groups excluding carboxylic acids is 1. The van der Waals surface area contributed by atoms with E-state index in [-0.39, 0.29) is 11.7 Å². The Kier molecular flexibility index (Phi) is 6.67. The van der Waals surface area contributed by atoms with E-state index < -0.39 is 0 Å². The first-order valence-corrected chi connectivity index (χ1v) is 9.59. The number of amides is 1. The molecule has 1 aromatic heterocycles. The summed E-state index contributed by atoms with van der Waals surface area (Å²) in [4.78, 5) is 12.1. The van der Waals surface area contributed by atoms with Crippen molar-refractivity contribution < 1.29 is 9.53 Å². The Morgan fingerprint density at radius 3 is 2.63 bits per heavy atom. The van der Waals surface area contributed by atoms with Crippen molar-refractivity contribution in [2.75, 3.05) is 19.4 Å². The standard InChI is InChI=1S/C18H18ClN5O2S/c1-26-16-8-2-13(3-9-16)10-11-20-17(25)12-27-18-21-22-23-24(18)15-6-4-14(19)5-7-15/h2-9H,10-12H2,1H3,(H,20,25). The van der Waals surface area contributed by atoms with Crippen LogP contribution in [0.1, 0.15) is 5.56 Å². The van der Waals surface area contributed by atoms with Gasteiger partial charge in [-0.2, -0.15) is 4.68 Å². The van der Waals surface area contributed by atoms with Gasteiger partial charge in [0, 0.05) is 11.6 Å². The molecule has 0 fully saturated rings. The van der Waals surface area contributed by atoms with Gasteiger partial charge in [0.05, 0.1) is 18.6 Å². The molecule has 0 radical (unpaired) electrons. The van der Waals surface area contributed by atoms with Gasteiger partial charge in [0.2, 0.25) is 11.1 Å². The fourth-order valence-electron chi connectivity index (χ4n) is 2.33. The zero-order valence-electron chi connectivity index (χ0n) is 14.6. The Morgan fingerprint density at radius 2 is 1.93 bits per heavy atom. The lowest BCUT2D eigenvalue weighted by molar-refractivity contribution is -0.118. The average Bonchev–Trinajstić information content (AvgIpc) is 3.16. The van der Waals surface area contributed by atoms with E-state index in [1.54, 1.807) is 23.9 Å². The summed E-state index contributed by atoms with van der Waals surface area (Å²) in [5.74, 6) is 0.980. The van der Waals surface area contributed by atoms with Gasteiger partial charge in [0.1, 0.15) is 5.75 Å². The molecule has 3 rings (SSSR count). The summed E-state index contributed by atoms with van der Waals surface area (Å²) in [6.45, 7) is 0.563. The summed E-state index contributed by atoms with van der Waals surface area (Å²) < 4.78 is 6.70. The predicted octanol–water partition coefficient (Wildman–Crippen LogP) is 2.78. The molecule has 1 amide bonds. The fraction of sp³-hybridized carbons (Fsp3) is 0.222. The molecule has 0 spiro atoms. The van der Waals surface area contributed by atoms with E-state index in [0.29, 0.717) is 16.7 Å². The average molecular weight is 404 g/mol. The minimum atomic E-state index is -0.0702. The van der Waals surface area contributed by atoms with E-state index in [0.717, 1.165) is 23.4 Å². The monoisotopic (exact) mass is 403 g/mol. The van der Waals surface area contributed by atoms with Gasteiger partial charge in [-0.05, 0) is 58.8 Å². The highest BCUT2D eigenvalue weighted by molar-refractivity contribution is 7.99. The maximum Gasteiger partial charge on any atom is 0.230 e. The highest BCUT2D eigenvalue weighted by atomic mass is 35.5. The number of rotatable bonds is 8. The maximum atomic E-state index is 12.1. The van der Waals surface area contributed by atoms with Crippen LogP contribution in [0.25, 0.3) is 5.69 Å². The molecule has 0 unspecified atom stereocenters. The van der Waals surface area contributed by atoms with E-state index in [9.17, 15) is 4.79 Å². The highest BCUT2D eigenvalue weighted by Crippen LogP contribution is 2.19. The van der Waals surface area contributed by atoms with Crippen LogP contribution in [0, 0.1) is 0 Å². The minimum Gasteiger partial charge on any atom is -0.497 e. The number of hydrogen-bond acceptors (Lipinski definition) is 6. The van der Waals surface area contributed by atoms with Gasteiger partial charge < -0.3 is 10.1 Å². The second-order valence-electron chi connectivity index (χ2n) is 5.59. The molecule has 0 saturated heterocycles. The second-order valence-corrected chi connectivity index (χ2v) is 6.97. The normalized spacial score (nSPS) is 10.6. The summed E-state index contributed by atoms with van der Waals surface area (Å²) in [6.07, 6.45) is 0.753. The lowest BCUT2D eigenvalue weighted by Crippen LogP contribution is -2.27. The lowest BCUT2D eigenvalue weighted by atomic mass is 10.1. The first-order chi connectivity index (χ1) is 13.2. The Hall–Kier alpha value is -2.58. The molecule has 0 saturated carbocycles. The number of tetrazole rings is 1. The number of hydrogen-bond donors (Lipinski definition) is 1. The molecule has 140 valence electrons. The Morgan fingerprint density at radius 1 is 1.19 bits per heavy atom. The molecule has 0 bridgehead atoms.